The van der Waals surface area contributed by atoms with E-state index in [1.54, 1.807) is 0 Å². The predicted octanol–water partition coefficient (Wildman–Crippen LogP) is 4.80. The summed E-state index contributed by atoms with van der Waals surface area (Å²) in [7, 11) is 0. The summed E-state index contributed by atoms with van der Waals surface area (Å²) in [5.41, 5.74) is 1.25. The predicted molar refractivity (Wildman–Crippen MR) is 75.5 cm³/mol. The van der Waals surface area contributed by atoms with Gasteiger partial charge < -0.3 is 4.74 Å². The van der Waals surface area contributed by atoms with Gasteiger partial charge in [0.1, 0.15) is 0 Å². The van der Waals surface area contributed by atoms with Gasteiger partial charge in [-0.15, -0.1) is 0 Å². The fourth-order valence-corrected chi connectivity index (χ4v) is 6.11. The Morgan fingerprint density at radius 2 is 1.67 bits per heavy atom. The molecule has 104 valence electrons. The molecule has 0 aromatic rings. The number of ether oxygens (including phenoxy) is 1. The largest absolute Gasteiger partial charge is 0.372 e. The van der Waals surface area contributed by atoms with Gasteiger partial charge in [0.15, 0.2) is 0 Å². The Morgan fingerprint density at radius 1 is 0.944 bits per heavy atom. The van der Waals surface area contributed by atoms with Crippen molar-refractivity contribution < 1.29 is 4.74 Å². The Bertz CT molecular complexity index is 348. The molecule has 2 saturated carbocycles. The van der Waals surface area contributed by atoms with E-state index >= 15 is 0 Å². The highest BCUT2D eigenvalue weighted by Crippen LogP contribution is 2.65. The van der Waals surface area contributed by atoms with Crippen LogP contribution in [-0.4, -0.2) is 11.7 Å². The van der Waals surface area contributed by atoms with Gasteiger partial charge in [0.25, 0.3) is 0 Å². The molecule has 3 rings (SSSR count). The smallest absolute Gasteiger partial charge is 0.0692 e. The van der Waals surface area contributed by atoms with Gasteiger partial charge in [-0.05, 0) is 68.6 Å². The molecular formula is C17H30O. The van der Waals surface area contributed by atoms with Crippen LogP contribution < -0.4 is 0 Å². The molecule has 0 amide bonds. The van der Waals surface area contributed by atoms with Gasteiger partial charge in [0.2, 0.25) is 0 Å². The first kappa shape index (κ1) is 13.0. The van der Waals surface area contributed by atoms with Crippen LogP contribution in [0, 0.1) is 22.7 Å². The second-order valence-electron chi connectivity index (χ2n) is 8.47. The van der Waals surface area contributed by atoms with E-state index in [4.69, 9.17) is 4.74 Å². The van der Waals surface area contributed by atoms with E-state index in [-0.39, 0.29) is 5.60 Å². The molecule has 0 radical (unpaired) electrons. The minimum atomic E-state index is 0.179. The summed E-state index contributed by atoms with van der Waals surface area (Å²) in [5.74, 6) is 1.70. The van der Waals surface area contributed by atoms with Crippen molar-refractivity contribution >= 4 is 0 Å². The average molecular weight is 250 g/mol. The van der Waals surface area contributed by atoms with Crippen molar-refractivity contribution in [2.45, 2.75) is 84.8 Å². The zero-order chi connectivity index (χ0) is 13.2. The molecule has 1 aliphatic heterocycles. The molecule has 18 heavy (non-hydrogen) atoms. The molecule has 0 aromatic heterocycles. The van der Waals surface area contributed by atoms with Crippen molar-refractivity contribution in [1.82, 2.24) is 0 Å². The number of hydrogen-bond donors (Lipinski definition) is 0. The van der Waals surface area contributed by atoms with Crippen LogP contribution in [0.4, 0.5) is 0 Å². The minimum Gasteiger partial charge on any atom is -0.372 e. The standard InChI is InChI=1S/C17H30O/c1-12-11-14-16(4)9-6-8-15(2,3)13(16)7-10-17(14,5)18-12/h12-14H,6-11H2,1-5H3/t12-,13-,14+,16-,17+/m0/s1. The quantitative estimate of drug-likeness (QED) is 0.600. The average Bonchev–Trinajstić information content (AvgIpc) is 2.53. The van der Waals surface area contributed by atoms with Crippen LogP contribution in [-0.2, 0) is 4.74 Å². The molecule has 0 spiro atoms. The molecule has 0 N–H and O–H groups in total. The van der Waals surface area contributed by atoms with Gasteiger partial charge >= 0.3 is 0 Å². The molecule has 1 saturated heterocycles. The lowest BCUT2D eigenvalue weighted by atomic mass is 9.45. The minimum absolute atomic E-state index is 0.179. The zero-order valence-electron chi connectivity index (χ0n) is 12.9. The highest BCUT2D eigenvalue weighted by atomic mass is 16.5. The maximum Gasteiger partial charge on any atom is 0.0692 e. The van der Waals surface area contributed by atoms with Crippen molar-refractivity contribution in [3.63, 3.8) is 0 Å². The van der Waals surface area contributed by atoms with Gasteiger partial charge in [0.05, 0.1) is 11.7 Å². The monoisotopic (exact) mass is 250 g/mol. The summed E-state index contributed by atoms with van der Waals surface area (Å²) in [4.78, 5) is 0. The van der Waals surface area contributed by atoms with Crippen LogP contribution in [0.2, 0.25) is 0 Å². The van der Waals surface area contributed by atoms with E-state index in [0.29, 0.717) is 16.9 Å². The first-order valence-corrected chi connectivity index (χ1v) is 7.96. The van der Waals surface area contributed by atoms with Crippen molar-refractivity contribution in [3.8, 4) is 0 Å². The molecule has 3 aliphatic rings. The first-order valence-electron chi connectivity index (χ1n) is 7.96. The molecule has 0 unspecified atom stereocenters. The molecular weight excluding hydrogens is 220 g/mol. The van der Waals surface area contributed by atoms with E-state index in [0.717, 1.165) is 11.8 Å². The van der Waals surface area contributed by atoms with E-state index < -0.39 is 0 Å². The van der Waals surface area contributed by atoms with E-state index in [1.165, 1.54) is 38.5 Å². The van der Waals surface area contributed by atoms with Gasteiger partial charge in [-0.2, -0.15) is 0 Å². The second kappa shape index (κ2) is 3.75. The third-order valence-corrected chi connectivity index (χ3v) is 6.78. The van der Waals surface area contributed by atoms with Gasteiger partial charge in [0, 0.05) is 0 Å². The number of hydrogen-bond acceptors (Lipinski definition) is 1. The van der Waals surface area contributed by atoms with Gasteiger partial charge in [-0.3, -0.25) is 0 Å². The lowest BCUT2D eigenvalue weighted by Crippen LogP contribution is -2.55. The summed E-state index contributed by atoms with van der Waals surface area (Å²) in [6.45, 7) is 12.3. The molecule has 0 bridgehead atoms. The second-order valence-corrected chi connectivity index (χ2v) is 8.47. The molecule has 1 nitrogen and oxygen atoms in total. The summed E-state index contributed by atoms with van der Waals surface area (Å²) in [6.07, 6.45) is 8.70. The van der Waals surface area contributed by atoms with Crippen molar-refractivity contribution in [3.05, 3.63) is 0 Å². The Balaban J connectivity index is 1.98. The third kappa shape index (κ3) is 1.62. The van der Waals surface area contributed by atoms with E-state index in [9.17, 15) is 0 Å². The van der Waals surface area contributed by atoms with E-state index in [1.807, 2.05) is 0 Å². The lowest BCUT2D eigenvalue weighted by Gasteiger charge is -2.60. The highest BCUT2D eigenvalue weighted by Gasteiger charge is 2.61. The van der Waals surface area contributed by atoms with E-state index in [2.05, 4.69) is 34.6 Å². The zero-order valence-corrected chi connectivity index (χ0v) is 12.9. The van der Waals surface area contributed by atoms with Gasteiger partial charge in [-0.25, -0.2) is 0 Å². The van der Waals surface area contributed by atoms with Crippen LogP contribution in [0.5, 0.6) is 0 Å². The summed E-state index contributed by atoms with van der Waals surface area (Å²) < 4.78 is 6.34. The Morgan fingerprint density at radius 3 is 2.39 bits per heavy atom. The third-order valence-electron chi connectivity index (χ3n) is 6.78. The molecule has 1 heterocycles. The summed E-state index contributed by atoms with van der Waals surface area (Å²) in [5, 5.41) is 0. The molecule has 5 atom stereocenters. The normalized spacial score (nSPS) is 54.8. The number of fused-ring (bicyclic) bond motifs is 3. The maximum absolute atomic E-state index is 6.34. The molecule has 0 aromatic carbocycles. The van der Waals surface area contributed by atoms with Crippen molar-refractivity contribution in [2.24, 2.45) is 22.7 Å². The first-order chi connectivity index (χ1) is 8.28. The van der Waals surface area contributed by atoms with Crippen LogP contribution in [0.25, 0.3) is 0 Å². The fourth-order valence-electron chi connectivity index (χ4n) is 6.11. The SMILES string of the molecule is C[C@H]1C[C@@H]2[C@@]3(C)CCCC(C)(C)[C@@H]3CC[C@@]2(C)O1. The molecule has 3 fully saturated rings. The van der Waals surface area contributed by atoms with Crippen molar-refractivity contribution in [1.29, 1.82) is 0 Å². The fraction of sp³-hybridized carbons (Fsp3) is 1.00. The van der Waals surface area contributed by atoms with Crippen LogP contribution in [0.3, 0.4) is 0 Å². The van der Waals surface area contributed by atoms with Crippen molar-refractivity contribution in [2.75, 3.05) is 0 Å². The van der Waals surface area contributed by atoms with Crippen LogP contribution in [0.1, 0.15) is 73.1 Å². The maximum atomic E-state index is 6.34. The molecule has 2 aliphatic carbocycles. The Kier molecular flexibility index (Phi) is 2.70. The Labute approximate surface area is 113 Å². The number of rotatable bonds is 0. The topological polar surface area (TPSA) is 9.23 Å². The van der Waals surface area contributed by atoms with Gasteiger partial charge in [-0.1, -0.05) is 27.2 Å². The lowest BCUT2D eigenvalue weighted by molar-refractivity contribution is -0.153. The summed E-state index contributed by atoms with van der Waals surface area (Å²) in [6, 6.07) is 0. The summed E-state index contributed by atoms with van der Waals surface area (Å²) >= 11 is 0. The molecule has 1 heteroatoms. The van der Waals surface area contributed by atoms with Crippen LogP contribution in [0.15, 0.2) is 0 Å². The van der Waals surface area contributed by atoms with Crippen LogP contribution >= 0.6 is 0 Å². The highest BCUT2D eigenvalue weighted by molar-refractivity contribution is 5.10. The Hall–Kier alpha value is -0.0400.